The van der Waals surface area contributed by atoms with Crippen LogP contribution in [0.25, 0.3) is 0 Å². The summed E-state index contributed by atoms with van der Waals surface area (Å²) in [6.45, 7) is 3.34. The van der Waals surface area contributed by atoms with Crippen LogP contribution in [0.3, 0.4) is 0 Å². The molecule has 0 aliphatic carbocycles. The number of carbonyl (C=O) groups excluding carboxylic acids is 1. The number of hydrogen-bond acceptors (Lipinski definition) is 4. The molecule has 1 aliphatic rings. The van der Waals surface area contributed by atoms with E-state index in [0.717, 1.165) is 6.42 Å². The van der Waals surface area contributed by atoms with Gasteiger partial charge in [0.2, 0.25) is 10.0 Å². The molecule has 0 saturated carbocycles. The van der Waals surface area contributed by atoms with Crippen molar-refractivity contribution in [2.45, 2.75) is 26.2 Å². The van der Waals surface area contributed by atoms with Gasteiger partial charge >= 0.3 is 0 Å². The summed E-state index contributed by atoms with van der Waals surface area (Å²) >= 11 is 0. The summed E-state index contributed by atoms with van der Waals surface area (Å²) in [6, 6.07) is 5.62. The van der Waals surface area contributed by atoms with E-state index in [4.69, 9.17) is 4.74 Å². The Hall–Kier alpha value is -1.67. The average molecular weight is 372 g/mol. The molecule has 1 heterocycles. The number of amides is 1. The molecule has 1 aromatic rings. The fourth-order valence-corrected chi connectivity index (χ4v) is 4.35. The highest BCUT2D eigenvalue weighted by Gasteiger charge is 2.26. The maximum Gasteiger partial charge on any atom is 0.260 e. The number of rotatable bonds is 7. The number of halogens is 1. The van der Waals surface area contributed by atoms with Crippen LogP contribution in [0.1, 0.15) is 26.2 Å². The number of benzene rings is 1. The Bertz CT molecular complexity index is 681. The summed E-state index contributed by atoms with van der Waals surface area (Å²) in [5, 5.41) is 0. The third kappa shape index (κ3) is 5.97. The van der Waals surface area contributed by atoms with Gasteiger partial charge in [-0.2, -0.15) is 0 Å². The minimum Gasteiger partial charge on any atom is -0.484 e. The van der Waals surface area contributed by atoms with Gasteiger partial charge in [0.05, 0.1) is 5.75 Å². The summed E-state index contributed by atoms with van der Waals surface area (Å²) in [5.74, 6) is -0.197. The number of carbonyl (C=O) groups is 1. The molecule has 1 amide bonds. The van der Waals surface area contributed by atoms with Crippen LogP contribution in [0, 0.1) is 5.82 Å². The average Bonchev–Trinajstić information content (AvgIpc) is 2.85. The Kier molecular flexibility index (Phi) is 7.19. The monoisotopic (exact) mass is 372 g/mol. The third-order valence-corrected chi connectivity index (χ3v) is 6.07. The minimum absolute atomic E-state index is 0.153. The van der Waals surface area contributed by atoms with Gasteiger partial charge in [0.15, 0.2) is 6.61 Å². The van der Waals surface area contributed by atoms with Gasteiger partial charge in [-0.1, -0.05) is 19.4 Å². The van der Waals surface area contributed by atoms with Crippen LogP contribution < -0.4 is 4.74 Å². The third-order valence-electron chi connectivity index (χ3n) is 4.12. The molecule has 2 rings (SSSR count). The van der Waals surface area contributed by atoms with E-state index in [1.165, 1.54) is 22.5 Å². The van der Waals surface area contributed by atoms with Crippen molar-refractivity contribution >= 4 is 15.9 Å². The van der Waals surface area contributed by atoms with Crippen molar-refractivity contribution in [3.63, 3.8) is 0 Å². The van der Waals surface area contributed by atoms with E-state index in [1.807, 2.05) is 6.92 Å². The molecule has 0 N–H and O–H groups in total. The van der Waals surface area contributed by atoms with E-state index >= 15 is 0 Å². The molecule has 0 radical (unpaired) electrons. The highest BCUT2D eigenvalue weighted by molar-refractivity contribution is 7.89. The molecule has 1 saturated heterocycles. The van der Waals surface area contributed by atoms with Crippen LogP contribution in [0.5, 0.6) is 5.75 Å². The predicted octanol–water partition coefficient (Wildman–Crippen LogP) is 1.87. The van der Waals surface area contributed by atoms with Crippen LogP contribution in [-0.2, 0) is 14.8 Å². The van der Waals surface area contributed by atoms with Crippen molar-refractivity contribution in [1.82, 2.24) is 9.21 Å². The quantitative estimate of drug-likeness (QED) is 0.733. The van der Waals surface area contributed by atoms with Crippen molar-refractivity contribution in [3.8, 4) is 5.75 Å². The Labute approximate surface area is 148 Å². The van der Waals surface area contributed by atoms with Crippen LogP contribution in [0.15, 0.2) is 24.3 Å². The predicted molar refractivity (Wildman–Crippen MR) is 93.4 cm³/mol. The van der Waals surface area contributed by atoms with E-state index in [0.29, 0.717) is 44.8 Å². The lowest BCUT2D eigenvalue weighted by Crippen LogP contribution is -2.39. The molecular formula is C17H25FN2O4S. The molecule has 0 spiro atoms. The summed E-state index contributed by atoms with van der Waals surface area (Å²) in [5.41, 5.74) is 0. The summed E-state index contributed by atoms with van der Waals surface area (Å²) in [6.07, 6.45) is 2.06. The van der Waals surface area contributed by atoms with Gasteiger partial charge < -0.3 is 9.64 Å². The van der Waals surface area contributed by atoms with Crippen LogP contribution in [0.4, 0.5) is 4.39 Å². The van der Waals surface area contributed by atoms with Crippen LogP contribution in [0.2, 0.25) is 0 Å². The zero-order chi connectivity index (χ0) is 18.3. The Morgan fingerprint density at radius 3 is 2.76 bits per heavy atom. The molecular weight excluding hydrogens is 347 g/mol. The first-order valence-electron chi connectivity index (χ1n) is 8.56. The zero-order valence-electron chi connectivity index (χ0n) is 14.5. The van der Waals surface area contributed by atoms with E-state index < -0.39 is 15.8 Å². The molecule has 25 heavy (non-hydrogen) atoms. The molecule has 140 valence electrons. The second kappa shape index (κ2) is 9.15. The minimum atomic E-state index is -3.26. The molecule has 0 unspecified atom stereocenters. The van der Waals surface area contributed by atoms with Crippen molar-refractivity contribution in [2.24, 2.45) is 0 Å². The molecule has 0 aromatic heterocycles. The first-order valence-corrected chi connectivity index (χ1v) is 10.2. The standard InChI is InChI=1S/C17H25FN2O4S/c1-2-3-12-25(22,23)20-9-5-8-19(10-11-20)17(21)14-24-16-7-4-6-15(18)13-16/h4,6-7,13H,2-3,5,8-12,14H2,1H3. The van der Waals surface area contributed by atoms with Gasteiger partial charge in [0.25, 0.3) is 5.91 Å². The Morgan fingerprint density at radius 1 is 1.24 bits per heavy atom. The van der Waals surface area contributed by atoms with Crippen molar-refractivity contribution < 1.29 is 22.3 Å². The highest BCUT2D eigenvalue weighted by atomic mass is 32.2. The molecule has 1 fully saturated rings. The second-order valence-corrected chi connectivity index (χ2v) is 8.14. The zero-order valence-corrected chi connectivity index (χ0v) is 15.3. The molecule has 0 atom stereocenters. The van der Waals surface area contributed by atoms with E-state index in [9.17, 15) is 17.6 Å². The van der Waals surface area contributed by atoms with Crippen molar-refractivity contribution in [3.05, 3.63) is 30.1 Å². The summed E-state index contributed by atoms with van der Waals surface area (Å²) in [4.78, 5) is 13.9. The van der Waals surface area contributed by atoms with Gasteiger partial charge in [-0.15, -0.1) is 0 Å². The molecule has 1 aromatic carbocycles. The lowest BCUT2D eigenvalue weighted by molar-refractivity contribution is -0.133. The lowest BCUT2D eigenvalue weighted by atomic mass is 10.3. The lowest BCUT2D eigenvalue weighted by Gasteiger charge is -2.22. The van der Waals surface area contributed by atoms with Gasteiger partial charge in [-0.05, 0) is 25.0 Å². The van der Waals surface area contributed by atoms with Crippen LogP contribution >= 0.6 is 0 Å². The largest absolute Gasteiger partial charge is 0.484 e. The summed E-state index contributed by atoms with van der Waals surface area (Å²) < 4.78 is 44.5. The fraction of sp³-hybridized carbons (Fsp3) is 0.588. The molecule has 6 nitrogen and oxygen atoms in total. The number of hydrogen-bond donors (Lipinski definition) is 0. The van der Waals surface area contributed by atoms with Gasteiger partial charge in [-0.25, -0.2) is 17.1 Å². The topological polar surface area (TPSA) is 66.9 Å². The number of ether oxygens (including phenoxy) is 1. The summed E-state index contributed by atoms with van der Waals surface area (Å²) in [7, 11) is -3.26. The van der Waals surface area contributed by atoms with Crippen LogP contribution in [-0.4, -0.2) is 62.1 Å². The fourth-order valence-electron chi connectivity index (χ4n) is 2.67. The maximum atomic E-state index is 13.1. The van der Waals surface area contributed by atoms with Gasteiger partial charge in [0, 0.05) is 32.2 Å². The van der Waals surface area contributed by atoms with Gasteiger partial charge in [0.1, 0.15) is 11.6 Å². The van der Waals surface area contributed by atoms with E-state index in [2.05, 4.69) is 0 Å². The SMILES string of the molecule is CCCCS(=O)(=O)N1CCCN(C(=O)COc2cccc(F)c2)CC1. The highest BCUT2D eigenvalue weighted by Crippen LogP contribution is 2.13. The normalized spacial score (nSPS) is 16.5. The number of nitrogens with zero attached hydrogens (tertiary/aromatic N) is 2. The Balaban J connectivity index is 1.86. The first-order chi connectivity index (χ1) is 11.9. The Morgan fingerprint density at radius 2 is 2.04 bits per heavy atom. The second-order valence-electron chi connectivity index (χ2n) is 6.05. The molecule has 1 aliphatic heterocycles. The van der Waals surface area contributed by atoms with E-state index in [1.54, 1.807) is 11.0 Å². The number of sulfonamides is 1. The first kappa shape index (κ1) is 19.7. The maximum absolute atomic E-state index is 13.1. The smallest absolute Gasteiger partial charge is 0.260 e. The molecule has 8 heteroatoms. The van der Waals surface area contributed by atoms with Crippen molar-refractivity contribution in [2.75, 3.05) is 38.5 Å². The van der Waals surface area contributed by atoms with E-state index in [-0.39, 0.29) is 18.3 Å². The van der Waals surface area contributed by atoms with Gasteiger partial charge in [-0.3, -0.25) is 4.79 Å². The molecule has 0 bridgehead atoms. The number of unbranched alkanes of at least 4 members (excludes halogenated alkanes) is 1. The van der Waals surface area contributed by atoms with Crippen molar-refractivity contribution in [1.29, 1.82) is 0 Å².